The molecule has 0 bridgehead atoms. The number of nitrogens with zero attached hydrogens (tertiary/aromatic N) is 3. The van der Waals surface area contributed by atoms with Crippen molar-refractivity contribution in [3.8, 4) is 0 Å². The lowest BCUT2D eigenvalue weighted by molar-refractivity contribution is -0.644. The average molecular weight is 382 g/mol. The third kappa shape index (κ3) is 4.43. The highest BCUT2D eigenvalue weighted by Gasteiger charge is 2.07. The van der Waals surface area contributed by atoms with Crippen LogP contribution in [0.4, 0.5) is 11.4 Å². The molecule has 1 N–H and O–H groups in total. The van der Waals surface area contributed by atoms with Crippen LogP contribution < -0.4 is 14.9 Å². The SMILES string of the molecule is CN(/N=C/c1cc[n+](C)c2ccccc12)c1ccc(NCc2ccccc2)cc1. The molecule has 4 nitrogen and oxygen atoms in total. The summed E-state index contributed by atoms with van der Waals surface area (Å²) in [5.41, 5.74) is 5.69. The van der Waals surface area contributed by atoms with Crippen molar-refractivity contribution in [2.24, 2.45) is 12.1 Å². The molecule has 0 saturated carbocycles. The van der Waals surface area contributed by atoms with E-state index < -0.39 is 0 Å². The summed E-state index contributed by atoms with van der Waals surface area (Å²) in [5.74, 6) is 0. The van der Waals surface area contributed by atoms with Gasteiger partial charge in [0.15, 0.2) is 6.20 Å². The molecule has 144 valence electrons. The first-order chi connectivity index (χ1) is 14.2. The van der Waals surface area contributed by atoms with Gasteiger partial charge in [-0.05, 0) is 35.9 Å². The number of hydrogen-bond acceptors (Lipinski definition) is 3. The standard InChI is InChI=1S/C25H25N4/c1-28-17-16-21(24-10-6-7-11-25(24)28)19-27-29(2)23-14-12-22(13-15-23)26-18-20-8-4-3-5-9-20/h3-17,19,26H,18H2,1-2H3/q+1. The Morgan fingerprint density at radius 2 is 1.62 bits per heavy atom. The number of fused-ring (bicyclic) bond motifs is 1. The van der Waals surface area contributed by atoms with E-state index in [1.54, 1.807) is 0 Å². The number of anilines is 2. The molecule has 1 heterocycles. The molecule has 1 aromatic heterocycles. The third-order valence-electron chi connectivity index (χ3n) is 5.02. The predicted molar refractivity (Wildman–Crippen MR) is 121 cm³/mol. The normalized spacial score (nSPS) is 11.1. The summed E-state index contributed by atoms with van der Waals surface area (Å²) in [6, 6.07) is 29.2. The second-order valence-electron chi connectivity index (χ2n) is 7.05. The van der Waals surface area contributed by atoms with Crippen molar-refractivity contribution in [3.63, 3.8) is 0 Å². The molecule has 0 unspecified atom stereocenters. The second-order valence-corrected chi connectivity index (χ2v) is 7.05. The maximum absolute atomic E-state index is 4.65. The molecule has 0 aliphatic carbocycles. The van der Waals surface area contributed by atoms with Gasteiger partial charge in [-0.25, -0.2) is 4.57 Å². The zero-order valence-corrected chi connectivity index (χ0v) is 16.8. The van der Waals surface area contributed by atoms with E-state index in [1.165, 1.54) is 16.5 Å². The van der Waals surface area contributed by atoms with Gasteiger partial charge in [-0.1, -0.05) is 42.5 Å². The Bertz CT molecular complexity index is 1120. The molecule has 0 radical (unpaired) electrons. The van der Waals surface area contributed by atoms with Gasteiger partial charge < -0.3 is 5.32 Å². The number of pyridine rings is 1. The summed E-state index contributed by atoms with van der Waals surface area (Å²) in [6.07, 6.45) is 3.99. The van der Waals surface area contributed by atoms with Crippen molar-refractivity contribution in [1.29, 1.82) is 0 Å². The van der Waals surface area contributed by atoms with Crippen molar-refractivity contribution in [3.05, 3.63) is 102 Å². The lowest BCUT2D eigenvalue weighted by Crippen LogP contribution is -2.28. The summed E-state index contributed by atoms with van der Waals surface area (Å²) in [5, 5.41) is 11.2. The largest absolute Gasteiger partial charge is 0.381 e. The zero-order chi connectivity index (χ0) is 20.1. The smallest absolute Gasteiger partial charge is 0.212 e. The van der Waals surface area contributed by atoms with E-state index in [2.05, 4.69) is 107 Å². The van der Waals surface area contributed by atoms with E-state index in [0.29, 0.717) is 0 Å². The van der Waals surface area contributed by atoms with Crippen LogP contribution in [0, 0.1) is 0 Å². The van der Waals surface area contributed by atoms with Gasteiger partial charge in [0.25, 0.3) is 0 Å². The molecule has 0 atom stereocenters. The van der Waals surface area contributed by atoms with Crippen LogP contribution in [0.15, 0.2) is 96.2 Å². The maximum Gasteiger partial charge on any atom is 0.212 e. The van der Waals surface area contributed by atoms with Crippen molar-refractivity contribution in [1.82, 2.24) is 0 Å². The van der Waals surface area contributed by atoms with E-state index in [4.69, 9.17) is 0 Å². The summed E-state index contributed by atoms with van der Waals surface area (Å²) in [4.78, 5) is 0. The number of benzene rings is 3. The van der Waals surface area contributed by atoms with Gasteiger partial charge >= 0.3 is 0 Å². The molecule has 3 aromatic carbocycles. The Morgan fingerprint density at radius 3 is 2.41 bits per heavy atom. The van der Waals surface area contributed by atoms with E-state index in [-0.39, 0.29) is 0 Å². The number of para-hydroxylation sites is 1. The minimum Gasteiger partial charge on any atom is -0.381 e. The van der Waals surface area contributed by atoms with E-state index >= 15 is 0 Å². The van der Waals surface area contributed by atoms with Gasteiger partial charge in [-0.3, -0.25) is 5.01 Å². The van der Waals surface area contributed by atoms with Crippen LogP contribution >= 0.6 is 0 Å². The van der Waals surface area contributed by atoms with Gasteiger partial charge in [-0.15, -0.1) is 0 Å². The summed E-state index contributed by atoms with van der Waals surface area (Å²) in [6.45, 7) is 0.812. The zero-order valence-electron chi connectivity index (χ0n) is 16.8. The third-order valence-corrected chi connectivity index (χ3v) is 5.02. The monoisotopic (exact) mass is 381 g/mol. The first kappa shape index (κ1) is 18.7. The minimum absolute atomic E-state index is 0.812. The highest BCUT2D eigenvalue weighted by Crippen LogP contribution is 2.18. The lowest BCUT2D eigenvalue weighted by Gasteiger charge is -2.14. The number of aromatic nitrogens is 1. The first-order valence-corrected chi connectivity index (χ1v) is 9.74. The van der Waals surface area contributed by atoms with Gasteiger partial charge in [-0.2, -0.15) is 5.10 Å². The molecule has 4 heteroatoms. The fourth-order valence-electron chi connectivity index (χ4n) is 3.31. The summed E-state index contributed by atoms with van der Waals surface area (Å²) in [7, 11) is 4.02. The van der Waals surface area contributed by atoms with Crippen molar-refractivity contribution >= 4 is 28.5 Å². The highest BCUT2D eigenvalue weighted by molar-refractivity contribution is 5.97. The minimum atomic E-state index is 0.812. The Hall–Kier alpha value is -3.66. The number of hydrazone groups is 1. The van der Waals surface area contributed by atoms with Crippen molar-refractivity contribution < 1.29 is 4.57 Å². The van der Waals surface area contributed by atoms with Gasteiger partial charge in [0.2, 0.25) is 5.52 Å². The Labute approximate surface area is 171 Å². The first-order valence-electron chi connectivity index (χ1n) is 9.74. The molecular formula is C25H25N4+. The number of nitrogens with one attached hydrogen (secondary N) is 1. The number of aryl methyl sites for hydroxylation is 1. The molecule has 0 fully saturated rings. The molecule has 0 saturated heterocycles. The molecule has 0 spiro atoms. The second kappa shape index (κ2) is 8.57. The molecule has 4 rings (SSSR count). The average Bonchev–Trinajstić information content (AvgIpc) is 2.78. The van der Waals surface area contributed by atoms with Crippen LogP contribution in [-0.2, 0) is 13.6 Å². The molecule has 0 aliphatic heterocycles. The topological polar surface area (TPSA) is 31.5 Å². The Kier molecular flexibility index (Phi) is 5.52. The van der Waals surface area contributed by atoms with Crippen LogP contribution in [0.3, 0.4) is 0 Å². The fourth-order valence-corrected chi connectivity index (χ4v) is 3.31. The fraction of sp³-hybridized carbons (Fsp3) is 0.120. The van der Waals surface area contributed by atoms with Gasteiger partial charge in [0.05, 0.1) is 17.3 Å². The van der Waals surface area contributed by atoms with Crippen LogP contribution in [-0.4, -0.2) is 13.3 Å². The predicted octanol–water partition coefficient (Wildman–Crippen LogP) is 4.75. The van der Waals surface area contributed by atoms with E-state index in [9.17, 15) is 0 Å². The quantitative estimate of drug-likeness (QED) is 0.297. The van der Waals surface area contributed by atoms with Gasteiger partial charge in [0, 0.05) is 37.0 Å². The number of hydrogen-bond donors (Lipinski definition) is 1. The van der Waals surface area contributed by atoms with E-state index in [1.807, 2.05) is 24.3 Å². The Morgan fingerprint density at radius 1 is 0.897 bits per heavy atom. The van der Waals surface area contributed by atoms with Gasteiger partial charge in [0.1, 0.15) is 7.05 Å². The summed E-state index contributed by atoms with van der Waals surface area (Å²) >= 11 is 0. The van der Waals surface area contributed by atoms with Crippen LogP contribution in [0.1, 0.15) is 11.1 Å². The lowest BCUT2D eigenvalue weighted by atomic mass is 10.1. The highest BCUT2D eigenvalue weighted by atomic mass is 15.4. The number of rotatable bonds is 6. The molecular weight excluding hydrogens is 356 g/mol. The maximum atomic E-state index is 4.65. The summed E-state index contributed by atoms with van der Waals surface area (Å²) < 4.78 is 2.12. The molecule has 0 amide bonds. The van der Waals surface area contributed by atoms with E-state index in [0.717, 1.165) is 23.5 Å². The van der Waals surface area contributed by atoms with Crippen LogP contribution in [0.2, 0.25) is 0 Å². The van der Waals surface area contributed by atoms with Crippen molar-refractivity contribution in [2.45, 2.75) is 6.54 Å². The van der Waals surface area contributed by atoms with Crippen LogP contribution in [0.5, 0.6) is 0 Å². The van der Waals surface area contributed by atoms with Crippen LogP contribution in [0.25, 0.3) is 10.9 Å². The molecule has 4 aromatic rings. The molecule has 0 aliphatic rings. The van der Waals surface area contributed by atoms with Crippen molar-refractivity contribution in [2.75, 3.05) is 17.4 Å². The Balaban J connectivity index is 1.45. The molecule has 29 heavy (non-hydrogen) atoms.